The number of unbranched alkanes of at least 4 members (excludes halogenated alkanes) is 10. The predicted octanol–water partition coefficient (Wildman–Crippen LogP) is 8.52. The number of hydrogen-bond acceptors (Lipinski definition) is 7. The second-order valence-corrected chi connectivity index (χ2v) is 13.8. The van der Waals surface area contributed by atoms with Gasteiger partial charge in [-0.3, -0.25) is 9.59 Å². The number of carbonyl (C=O) groups is 3. The molecule has 286 valence electrons. The molecule has 0 aromatic heterocycles. The minimum atomic E-state index is -1.14. The highest BCUT2D eigenvalue weighted by Gasteiger charge is 2.25. The Morgan fingerprint density at radius 3 is 1.82 bits per heavy atom. The molecule has 0 saturated heterocycles. The second-order valence-electron chi connectivity index (χ2n) is 13.8. The number of ether oxygens (including phenoxy) is 3. The molecule has 0 rings (SSSR count). The van der Waals surface area contributed by atoms with Crippen LogP contribution in [0.5, 0.6) is 0 Å². The summed E-state index contributed by atoms with van der Waals surface area (Å²) in [6.07, 6.45) is 38.3. The zero-order valence-corrected chi connectivity index (χ0v) is 32.3. The Morgan fingerprint density at radius 2 is 1.20 bits per heavy atom. The van der Waals surface area contributed by atoms with E-state index in [0.717, 1.165) is 64.2 Å². The first-order chi connectivity index (χ1) is 24.1. The van der Waals surface area contributed by atoms with E-state index in [1.807, 2.05) is 0 Å². The van der Waals surface area contributed by atoms with Crippen molar-refractivity contribution in [3.8, 4) is 0 Å². The fourth-order valence-electron chi connectivity index (χ4n) is 5.14. The summed E-state index contributed by atoms with van der Waals surface area (Å²) in [6.45, 7) is 4.41. The van der Waals surface area contributed by atoms with E-state index in [1.165, 1.54) is 32.1 Å². The molecule has 0 saturated carbocycles. The van der Waals surface area contributed by atoms with Crippen molar-refractivity contribution in [2.24, 2.45) is 0 Å². The lowest BCUT2D eigenvalue weighted by Crippen LogP contribution is -2.55. The van der Waals surface area contributed by atoms with Gasteiger partial charge in [0.25, 0.3) is 0 Å². The van der Waals surface area contributed by atoms with E-state index in [4.69, 9.17) is 14.2 Å². The minimum Gasteiger partial charge on any atom is -0.544 e. The SMILES string of the molecule is CC/C=C/C/C=C/C/C=C/CCCC(=O)OCC(COCCC(C(=O)[O-])[N+](C)(C)C)OC(=O)CCCCCCCC/C=C/C=C/CCCCC. The van der Waals surface area contributed by atoms with Gasteiger partial charge in [-0.1, -0.05) is 113 Å². The van der Waals surface area contributed by atoms with Gasteiger partial charge in [-0.15, -0.1) is 0 Å². The van der Waals surface area contributed by atoms with Crippen molar-refractivity contribution in [3.05, 3.63) is 60.8 Å². The third-order valence-corrected chi connectivity index (χ3v) is 8.17. The Morgan fingerprint density at radius 1 is 0.640 bits per heavy atom. The summed E-state index contributed by atoms with van der Waals surface area (Å²) >= 11 is 0. The lowest BCUT2D eigenvalue weighted by Gasteiger charge is -2.34. The molecule has 2 unspecified atom stereocenters. The van der Waals surface area contributed by atoms with E-state index in [2.05, 4.69) is 74.6 Å². The van der Waals surface area contributed by atoms with Crippen LogP contribution in [0.3, 0.4) is 0 Å². The van der Waals surface area contributed by atoms with Crippen molar-refractivity contribution in [3.63, 3.8) is 0 Å². The van der Waals surface area contributed by atoms with Crippen LogP contribution >= 0.6 is 0 Å². The van der Waals surface area contributed by atoms with Gasteiger partial charge in [0.05, 0.1) is 40.3 Å². The monoisotopic (exact) mass is 702 g/mol. The predicted molar refractivity (Wildman–Crippen MR) is 203 cm³/mol. The number of carbonyl (C=O) groups excluding carboxylic acids is 3. The Bertz CT molecular complexity index is 1010. The van der Waals surface area contributed by atoms with Crippen LogP contribution < -0.4 is 5.11 Å². The topological polar surface area (TPSA) is 102 Å². The fourth-order valence-corrected chi connectivity index (χ4v) is 5.14. The van der Waals surface area contributed by atoms with Crippen LogP contribution in [0, 0.1) is 0 Å². The summed E-state index contributed by atoms with van der Waals surface area (Å²) in [4.78, 5) is 36.6. The molecule has 0 aliphatic carbocycles. The van der Waals surface area contributed by atoms with E-state index >= 15 is 0 Å². The second kappa shape index (κ2) is 33.2. The average Bonchev–Trinajstić information content (AvgIpc) is 3.06. The molecule has 0 radical (unpaired) electrons. The first-order valence-corrected chi connectivity index (χ1v) is 19.3. The summed E-state index contributed by atoms with van der Waals surface area (Å²) in [5.74, 6) is -1.83. The number of likely N-dealkylation sites (N-methyl/N-ethyl adjacent to an activating group) is 1. The van der Waals surface area contributed by atoms with Crippen LogP contribution in [-0.2, 0) is 28.6 Å². The van der Waals surface area contributed by atoms with Crippen molar-refractivity contribution < 1.29 is 38.2 Å². The number of allylic oxidation sites excluding steroid dienone is 10. The zero-order chi connectivity index (χ0) is 37.1. The molecule has 0 N–H and O–H groups in total. The number of nitrogens with zero attached hydrogens (tertiary/aromatic N) is 1. The molecule has 0 amide bonds. The molecule has 0 aromatic rings. The van der Waals surface area contributed by atoms with Crippen molar-refractivity contribution in [2.45, 2.75) is 148 Å². The van der Waals surface area contributed by atoms with Gasteiger partial charge in [0.2, 0.25) is 0 Å². The van der Waals surface area contributed by atoms with Crippen LogP contribution in [0.25, 0.3) is 0 Å². The molecule has 0 fully saturated rings. The molecular weight excluding hydrogens is 630 g/mol. The third kappa shape index (κ3) is 31.0. The summed E-state index contributed by atoms with van der Waals surface area (Å²) in [7, 11) is 5.37. The van der Waals surface area contributed by atoms with Gasteiger partial charge < -0.3 is 28.6 Å². The van der Waals surface area contributed by atoms with Gasteiger partial charge in [0.1, 0.15) is 12.6 Å². The number of aliphatic carboxylic acids is 1. The van der Waals surface area contributed by atoms with Crippen molar-refractivity contribution in [2.75, 3.05) is 41.0 Å². The summed E-state index contributed by atoms with van der Waals surface area (Å²) in [6, 6.07) is -0.736. The van der Waals surface area contributed by atoms with Gasteiger partial charge in [0, 0.05) is 19.3 Å². The molecule has 8 heteroatoms. The van der Waals surface area contributed by atoms with E-state index in [0.29, 0.717) is 12.8 Å². The molecule has 0 aliphatic heterocycles. The summed E-state index contributed by atoms with van der Waals surface area (Å²) < 4.78 is 17.0. The highest BCUT2D eigenvalue weighted by atomic mass is 16.6. The van der Waals surface area contributed by atoms with Crippen molar-refractivity contribution >= 4 is 17.9 Å². The van der Waals surface area contributed by atoms with E-state index < -0.39 is 18.1 Å². The van der Waals surface area contributed by atoms with Crippen LogP contribution in [0.4, 0.5) is 0 Å². The quantitative estimate of drug-likeness (QED) is 0.0222. The molecule has 0 aliphatic rings. The minimum absolute atomic E-state index is 0.0174. The number of carboxylic acid groups (broad SMARTS) is 1. The molecule has 0 heterocycles. The summed E-state index contributed by atoms with van der Waals surface area (Å²) in [5.41, 5.74) is 0. The molecule has 2 atom stereocenters. The fraction of sp³-hybridized carbons (Fsp3) is 0.690. The highest BCUT2D eigenvalue weighted by molar-refractivity contribution is 5.70. The Kier molecular flexibility index (Phi) is 31.2. The van der Waals surface area contributed by atoms with Gasteiger partial charge >= 0.3 is 11.9 Å². The maximum Gasteiger partial charge on any atom is 0.306 e. The van der Waals surface area contributed by atoms with Crippen LogP contribution in [0.15, 0.2) is 60.8 Å². The molecular formula is C42H71NO7. The Hall–Kier alpha value is -2.97. The maximum absolute atomic E-state index is 12.6. The standard InChI is InChI=1S/C42H71NO7/c1-6-8-10-12-14-16-18-19-20-21-23-25-27-29-31-33-41(45)50-38(36-48-35-34-39(42(46)47)43(3,4)5)37-49-40(44)32-30-28-26-24-22-17-15-13-11-9-7-2/h9,11,14-19,24,26,38-39H,6-8,10,12-13,20-23,25,27-37H2,1-5H3/b11-9+,16-14+,17-15+,19-18+,26-24+. The highest BCUT2D eigenvalue weighted by Crippen LogP contribution is 2.12. The van der Waals surface area contributed by atoms with Gasteiger partial charge in [0.15, 0.2) is 6.10 Å². The number of esters is 2. The third-order valence-electron chi connectivity index (χ3n) is 8.17. The van der Waals surface area contributed by atoms with Gasteiger partial charge in [-0.25, -0.2) is 0 Å². The zero-order valence-electron chi connectivity index (χ0n) is 32.3. The van der Waals surface area contributed by atoms with Gasteiger partial charge in [-0.05, 0) is 64.2 Å². The number of carboxylic acids is 1. The maximum atomic E-state index is 12.6. The lowest BCUT2D eigenvalue weighted by molar-refractivity contribution is -0.889. The average molecular weight is 702 g/mol. The van der Waals surface area contributed by atoms with Crippen molar-refractivity contribution in [1.29, 1.82) is 0 Å². The molecule has 8 nitrogen and oxygen atoms in total. The Balaban J connectivity index is 4.51. The molecule has 50 heavy (non-hydrogen) atoms. The molecule has 0 bridgehead atoms. The van der Waals surface area contributed by atoms with Crippen LogP contribution in [0.2, 0.25) is 0 Å². The van der Waals surface area contributed by atoms with Crippen LogP contribution in [-0.4, -0.2) is 75.5 Å². The van der Waals surface area contributed by atoms with E-state index in [9.17, 15) is 19.5 Å². The first kappa shape index (κ1) is 47.0. The normalized spacial score (nSPS) is 13.7. The summed E-state index contributed by atoms with van der Waals surface area (Å²) in [5, 5.41) is 11.6. The van der Waals surface area contributed by atoms with Gasteiger partial charge in [-0.2, -0.15) is 0 Å². The first-order valence-electron chi connectivity index (χ1n) is 19.3. The van der Waals surface area contributed by atoms with E-state index in [1.54, 1.807) is 21.1 Å². The van der Waals surface area contributed by atoms with E-state index in [-0.39, 0.29) is 49.1 Å². The number of rotatable bonds is 33. The number of quaternary nitrogens is 1. The largest absolute Gasteiger partial charge is 0.544 e. The molecule has 0 spiro atoms. The number of hydrogen-bond donors (Lipinski definition) is 0. The Labute approximate surface area is 305 Å². The molecule has 0 aromatic carbocycles. The van der Waals surface area contributed by atoms with Crippen molar-refractivity contribution in [1.82, 2.24) is 0 Å². The van der Waals surface area contributed by atoms with Crippen LogP contribution in [0.1, 0.15) is 136 Å². The lowest BCUT2D eigenvalue weighted by atomic mass is 10.1. The smallest absolute Gasteiger partial charge is 0.306 e.